The molecule has 0 radical (unpaired) electrons. The molecule has 0 aliphatic heterocycles. The lowest BCUT2D eigenvalue weighted by molar-refractivity contribution is -0.0650. The first kappa shape index (κ1) is 13.8. The van der Waals surface area contributed by atoms with Gasteiger partial charge in [-0.1, -0.05) is 35.2 Å². The molecule has 0 heterocycles. The third-order valence-corrected chi connectivity index (χ3v) is 6.38. The van der Waals surface area contributed by atoms with Gasteiger partial charge in [-0.3, -0.25) is 0 Å². The van der Waals surface area contributed by atoms with Crippen molar-refractivity contribution in [3.63, 3.8) is 0 Å². The molecular formula is C16H20BrClO. The number of benzene rings is 1. The Balaban J connectivity index is 1.74. The van der Waals surface area contributed by atoms with Gasteiger partial charge in [-0.25, -0.2) is 0 Å². The summed E-state index contributed by atoms with van der Waals surface area (Å²) in [5.41, 5.74) is 1.47. The zero-order valence-corrected chi connectivity index (χ0v) is 13.6. The van der Waals surface area contributed by atoms with Crippen molar-refractivity contribution < 1.29 is 4.74 Å². The molecule has 1 nitrogen and oxygen atoms in total. The second kappa shape index (κ2) is 5.29. The summed E-state index contributed by atoms with van der Waals surface area (Å²) in [7, 11) is 0. The van der Waals surface area contributed by atoms with E-state index in [2.05, 4.69) is 41.1 Å². The van der Waals surface area contributed by atoms with Crippen LogP contribution in [-0.2, 0) is 0 Å². The van der Waals surface area contributed by atoms with E-state index in [0.29, 0.717) is 11.5 Å². The van der Waals surface area contributed by atoms with Crippen LogP contribution in [0, 0.1) is 12.3 Å². The highest BCUT2D eigenvalue weighted by Gasteiger charge is 2.55. The largest absolute Gasteiger partial charge is 0.490 e. The average Bonchev–Trinajstić information content (AvgIpc) is 2.43. The smallest absolute Gasteiger partial charge is 0.120 e. The molecule has 2 atom stereocenters. The summed E-state index contributed by atoms with van der Waals surface area (Å²) in [5, 5.41) is 0.314. The zero-order valence-electron chi connectivity index (χ0n) is 11.3. The van der Waals surface area contributed by atoms with Crippen molar-refractivity contribution in [1.29, 1.82) is 0 Å². The van der Waals surface area contributed by atoms with E-state index in [1.54, 1.807) is 0 Å². The summed E-state index contributed by atoms with van der Waals surface area (Å²) in [4.78, 5) is 0. The number of halogens is 2. The summed E-state index contributed by atoms with van der Waals surface area (Å²) in [6.45, 7) is 2.10. The first-order valence-electron chi connectivity index (χ1n) is 7.19. The maximum absolute atomic E-state index is 6.51. The van der Waals surface area contributed by atoms with Crippen LogP contribution in [0.2, 0.25) is 0 Å². The lowest BCUT2D eigenvalue weighted by Crippen LogP contribution is -2.58. The van der Waals surface area contributed by atoms with Gasteiger partial charge in [0.05, 0.1) is 0 Å². The number of alkyl halides is 1. The van der Waals surface area contributed by atoms with Gasteiger partial charge in [-0.2, -0.15) is 0 Å². The molecule has 2 saturated carbocycles. The van der Waals surface area contributed by atoms with Crippen molar-refractivity contribution in [1.82, 2.24) is 0 Å². The zero-order chi connectivity index (χ0) is 13.5. The first-order chi connectivity index (χ1) is 9.12. The molecule has 2 fully saturated rings. The van der Waals surface area contributed by atoms with Crippen molar-refractivity contribution in [2.75, 3.05) is 0 Å². The molecule has 1 spiro atoms. The van der Waals surface area contributed by atoms with Gasteiger partial charge in [0, 0.05) is 21.7 Å². The summed E-state index contributed by atoms with van der Waals surface area (Å²) in [6.07, 6.45) is 7.76. The minimum absolute atomic E-state index is 0.251. The fourth-order valence-electron chi connectivity index (χ4n) is 3.56. The van der Waals surface area contributed by atoms with E-state index in [1.165, 1.54) is 37.7 Å². The lowest BCUT2D eigenvalue weighted by Gasteiger charge is -2.55. The van der Waals surface area contributed by atoms with Crippen molar-refractivity contribution in [3.05, 3.63) is 28.2 Å². The quantitative estimate of drug-likeness (QED) is 0.647. The van der Waals surface area contributed by atoms with E-state index < -0.39 is 0 Å². The second-order valence-corrected chi connectivity index (χ2v) is 7.40. The second-order valence-electron chi connectivity index (χ2n) is 6.01. The molecule has 104 valence electrons. The van der Waals surface area contributed by atoms with Gasteiger partial charge in [0.25, 0.3) is 0 Å². The molecule has 2 aliphatic carbocycles. The summed E-state index contributed by atoms with van der Waals surface area (Å²) in [6, 6.07) is 6.23. The van der Waals surface area contributed by atoms with Crippen molar-refractivity contribution in [3.8, 4) is 5.75 Å². The van der Waals surface area contributed by atoms with Crippen molar-refractivity contribution in [2.24, 2.45) is 5.41 Å². The molecule has 1 aromatic carbocycles. The lowest BCUT2D eigenvalue weighted by atomic mass is 9.58. The number of hydrogen-bond donors (Lipinski definition) is 0. The van der Waals surface area contributed by atoms with Gasteiger partial charge in [0.1, 0.15) is 11.9 Å². The molecule has 3 rings (SSSR count). The average molecular weight is 344 g/mol. The van der Waals surface area contributed by atoms with E-state index in [0.717, 1.165) is 16.6 Å². The SMILES string of the molecule is Cc1cc(OC2CC(Cl)C23CCCCC3)ccc1Br. The standard InChI is InChI=1S/C16H20BrClO/c1-11-9-12(5-6-13(11)17)19-15-10-14(18)16(15)7-3-2-4-8-16/h5-6,9,14-15H,2-4,7-8,10H2,1H3. The maximum atomic E-state index is 6.51. The topological polar surface area (TPSA) is 9.23 Å². The molecule has 0 N–H and O–H groups in total. The van der Waals surface area contributed by atoms with E-state index in [-0.39, 0.29) is 5.41 Å². The molecule has 19 heavy (non-hydrogen) atoms. The van der Waals surface area contributed by atoms with Crippen LogP contribution in [0.5, 0.6) is 5.75 Å². The molecule has 0 amide bonds. The monoisotopic (exact) mass is 342 g/mol. The molecular weight excluding hydrogens is 324 g/mol. The van der Waals surface area contributed by atoms with E-state index in [4.69, 9.17) is 16.3 Å². The first-order valence-corrected chi connectivity index (χ1v) is 8.42. The number of ether oxygens (including phenoxy) is 1. The Hall–Kier alpha value is -0.210. The maximum Gasteiger partial charge on any atom is 0.120 e. The van der Waals surface area contributed by atoms with Crippen LogP contribution >= 0.6 is 27.5 Å². The fourth-order valence-corrected chi connectivity index (χ4v) is 4.33. The molecule has 0 saturated heterocycles. The summed E-state index contributed by atoms with van der Waals surface area (Å²) in [5.74, 6) is 0.985. The fraction of sp³-hybridized carbons (Fsp3) is 0.625. The van der Waals surface area contributed by atoms with Gasteiger partial charge in [-0.15, -0.1) is 11.6 Å². The Labute approximate surface area is 128 Å². The third-order valence-electron chi connectivity index (χ3n) is 4.88. The van der Waals surface area contributed by atoms with Gasteiger partial charge in [0.15, 0.2) is 0 Å². The van der Waals surface area contributed by atoms with Crippen LogP contribution in [0.15, 0.2) is 22.7 Å². The highest BCUT2D eigenvalue weighted by Crippen LogP contribution is 2.55. The molecule has 0 bridgehead atoms. The Kier molecular flexibility index (Phi) is 3.83. The summed E-state index contributed by atoms with van der Waals surface area (Å²) < 4.78 is 7.38. The van der Waals surface area contributed by atoms with Crippen molar-refractivity contribution in [2.45, 2.75) is 56.9 Å². The molecule has 2 unspecified atom stereocenters. The third kappa shape index (κ3) is 2.42. The van der Waals surface area contributed by atoms with Gasteiger partial charge < -0.3 is 4.74 Å². The molecule has 3 heteroatoms. The van der Waals surface area contributed by atoms with Crippen LogP contribution in [0.3, 0.4) is 0 Å². The Morgan fingerprint density at radius 3 is 2.63 bits per heavy atom. The van der Waals surface area contributed by atoms with Gasteiger partial charge in [-0.05, 0) is 43.5 Å². The number of rotatable bonds is 2. The van der Waals surface area contributed by atoms with Crippen LogP contribution in [0.1, 0.15) is 44.1 Å². The van der Waals surface area contributed by atoms with E-state index in [9.17, 15) is 0 Å². The molecule has 2 aliphatic rings. The highest BCUT2D eigenvalue weighted by molar-refractivity contribution is 9.10. The van der Waals surface area contributed by atoms with Crippen LogP contribution in [-0.4, -0.2) is 11.5 Å². The predicted octanol–water partition coefficient (Wildman–Crippen LogP) is 5.47. The normalized spacial score (nSPS) is 29.0. The highest BCUT2D eigenvalue weighted by atomic mass is 79.9. The van der Waals surface area contributed by atoms with Crippen LogP contribution in [0.4, 0.5) is 0 Å². The van der Waals surface area contributed by atoms with E-state index >= 15 is 0 Å². The summed E-state index contributed by atoms with van der Waals surface area (Å²) >= 11 is 10.0. The number of hydrogen-bond acceptors (Lipinski definition) is 1. The van der Waals surface area contributed by atoms with Crippen molar-refractivity contribution >= 4 is 27.5 Å². The predicted molar refractivity (Wildman–Crippen MR) is 83.1 cm³/mol. The Morgan fingerprint density at radius 2 is 2.00 bits per heavy atom. The molecule has 0 aromatic heterocycles. The number of aryl methyl sites for hydroxylation is 1. The van der Waals surface area contributed by atoms with Gasteiger partial charge in [0.2, 0.25) is 0 Å². The Morgan fingerprint density at radius 1 is 1.26 bits per heavy atom. The van der Waals surface area contributed by atoms with Crippen LogP contribution < -0.4 is 4.74 Å². The Bertz CT molecular complexity index is 468. The van der Waals surface area contributed by atoms with E-state index in [1.807, 2.05) is 0 Å². The van der Waals surface area contributed by atoms with Crippen LogP contribution in [0.25, 0.3) is 0 Å². The van der Waals surface area contributed by atoms with Gasteiger partial charge >= 0.3 is 0 Å². The minimum Gasteiger partial charge on any atom is -0.490 e. The molecule has 1 aromatic rings. The minimum atomic E-state index is 0.251.